The molecule has 0 aliphatic carbocycles. The molecule has 3 aromatic rings. The van der Waals surface area contributed by atoms with Crippen LogP contribution < -0.4 is 0 Å². The first-order chi connectivity index (χ1) is 13.1. The van der Waals surface area contributed by atoms with Crippen molar-refractivity contribution in [3.05, 3.63) is 93.2 Å². The minimum atomic E-state index is -0.337. The molecule has 0 bridgehead atoms. The zero-order chi connectivity index (χ0) is 18.8. The average molecular weight is 377 g/mol. The fourth-order valence-corrected chi connectivity index (χ4v) is 4.07. The highest BCUT2D eigenvalue weighted by Crippen LogP contribution is 2.31. The van der Waals surface area contributed by atoms with E-state index in [-0.39, 0.29) is 18.0 Å². The van der Waals surface area contributed by atoms with Gasteiger partial charge in [0, 0.05) is 23.9 Å². The Bertz CT molecular complexity index is 966. The van der Waals surface area contributed by atoms with Gasteiger partial charge in [-0.15, -0.1) is 11.3 Å². The predicted molar refractivity (Wildman–Crippen MR) is 105 cm³/mol. The number of esters is 1. The zero-order valence-electron chi connectivity index (χ0n) is 14.9. The third kappa shape index (κ3) is 3.64. The van der Waals surface area contributed by atoms with Crippen molar-refractivity contribution in [1.82, 2.24) is 4.90 Å². The van der Waals surface area contributed by atoms with Crippen LogP contribution in [0, 0.1) is 0 Å². The number of carbonyl (C=O) groups excluding carboxylic acids is 2. The van der Waals surface area contributed by atoms with Crippen LogP contribution in [0.4, 0.5) is 0 Å². The first-order valence-corrected chi connectivity index (χ1v) is 9.66. The molecule has 0 radical (unpaired) electrons. The molecule has 1 aromatic heterocycles. The van der Waals surface area contributed by atoms with Gasteiger partial charge in [-0.1, -0.05) is 36.4 Å². The van der Waals surface area contributed by atoms with Gasteiger partial charge in [-0.25, -0.2) is 4.79 Å². The molecule has 0 fully saturated rings. The van der Waals surface area contributed by atoms with Gasteiger partial charge in [0.15, 0.2) is 0 Å². The average Bonchev–Trinajstić information content (AvgIpc) is 3.20. The summed E-state index contributed by atoms with van der Waals surface area (Å²) in [5.41, 5.74) is 2.95. The van der Waals surface area contributed by atoms with Crippen LogP contribution in [0.15, 0.2) is 66.0 Å². The normalized spacial score (nSPS) is 15.7. The molecule has 1 aliphatic heterocycles. The predicted octanol–water partition coefficient (Wildman–Crippen LogP) is 4.47. The van der Waals surface area contributed by atoms with Gasteiger partial charge in [0.1, 0.15) is 6.10 Å². The van der Waals surface area contributed by atoms with Crippen LogP contribution in [0.2, 0.25) is 0 Å². The maximum atomic E-state index is 12.8. The van der Waals surface area contributed by atoms with Gasteiger partial charge in [-0.3, -0.25) is 4.79 Å². The topological polar surface area (TPSA) is 46.6 Å². The standard InChI is InChI=1S/C22H19NO3S/c1-23(14-18-8-5-11-27-18)21(24)16-9-10-19-17(12-16)13-20(26-22(19)25)15-6-3-2-4-7-15/h2-12,20H,13-14H2,1H3. The molecule has 4 nitrogen and oxygen atoms in total. The van der Waals surface area contributed by atoms with E-state index >= 15 is 0 Å². The van der Waals surface area contributed by atoms with Gasteiger partial charge in [-0.05, 0) is 40.8 Å². The molecule has 2 heterocycles. The first kappa shape index (κ1) is 17.5. The number of hydrogen-bond donors (Lipinski definition) is 0. The number of rotatable bonds is 4. The van der Waals surface area contributed by atoms with Crippen LogP contribution in [0.1, 0.15) is 42.8 Å². The van der Waals surface area contributed by atoms with E-state index in [1.54, 1.807) is 35.4 Å². The van der Waals surface area contributed by atoms with Crippen molar-refractivity contribution < 1.29 is 14.3 Å². The molecule has 136 valence electrons. The Balaban J connectivity index is 1.57. The zero-order valence-corrected chi connectivity index (χ0v) is 15.7. The fraction of sp³-hybridized carbons (Fsp3) is 0.182. The van der Waals surface area contributed by atoms with Gasteiger partial charge in [0.2, 0.25) is 0 Å². The number of thiophene rings is 1. The number of hydrogen-bond acceptors (Lipinski definition) is 4. The number of amides is 1. The monoisotopic (exact) mass is 377 g/mol. The highest BCUT2D eigenvalue weighted by atomic mass is 32.1. The van der Waals surface area contributed by atoms with Crippen LogP contribution in [0.3, 0.4) is 0 Å². The Morgan fingerprint density at radius 1 is 1.15 bits per heavy atom. The minimum absolute atomic E-state index is 0.0543. The van der Waals surface area contributed by atoms with Crippen LogP contribution in [0.25, 0.3) is 0 Å². The third-order valence-corrected chi connectivity index (χ3v) is 5.58. The van der Waals surface area contributed by atoms with Crippen LogP contribution in [-0.2, 0) is 17.7 Å². The van der Waals surface area contributed by atoms with E-state index < -0.39 is 0 Å². The second-order valence-corrected chi connectivity index (χ2v) is 7.65. The number of fused-ring (bicyclic) bond motifs is 1. The second kappa shape index (κ2) is 7.37. The van der Waals surface area contributed by atoms with Crippen molar-refractivity contribution in [1.29, 1.82) is 0 Å². The molecule has 0 spiro atoms. The number of nitrogens with zero attached hydrogens (tertiary/aromatic N) is 1. The van der Waals surface area contributed by atoms with E-state index in [4.69, 9.17) is 4.74 Å². The Kier molecular flexibility index (Phi) is 4.77. The lowest BCUT2D eigenvalue weighted by atomic mass is 9.93. The molecule has 2 aromatic carbocycles. The van der Waals surface area contributed by atoms with E-state index in [0.717, 1.165) is 16.0 Å². The van der Waals surface area contributed by atoms with E-state index in [0.29, 0.717) is 24.1 Å². The van der Waals surface area contributed by atoms with Crippen molar-refractivity contribution in [2.75, 3.05) is 7.05 Å². The van der Waals surface area contributed by atoms with Crippen LogP contribution in [0.5, 0.6) is 0 Å². The Morgan fingerprint density at radius 3 is 2.70 bits per heavy atom. The summed E-state index contributed by atoms with van der Waals surface area (Å²) in [5.74, 6) is -0.391. The summed E-state index contributed by atoms with van der Waals surface area (Å²) in [4.78, 5) is 28.0. The Morgan fingerprint density at radius 2 is 1.96 bits per heavy atom. The number of ether oxygens (including phenoxy) is 1. The number of cyclic esters (lactones) is 1. The highest BCUT2D eigenvalue weighted by molar-refractivity contribution is 7.09. The van der Waals surface area contributed by atoms with Gasteiger partial charge in [0.25, 0.3) is 5.91 Å². The lowest BCUT2D eigenvalue weighted by Gasteiger charge is -2.26. The van der Waals surface area contributed by atoms with Gasteiger partial charge in [0.05, 0.1) is 12.1 Å². The van der Waals surface area contributed by atoms with Crippen LogP contribution >= 0.6 is 11.3 Å². The molecule has 1 unspecified atom stereocenters. The largest absolute Gasteiger partial charge is 0.454 e. The minimum Gasteiger partial charge on any atom is -0.454 e. The van der Waals surface area contributed by atoms with Crippen molar-refractivity contribution in [3.63, 3.8) is 0 Å². The van der Waals surface area contributed by atoms with Gasteiger partial charge in [-0.2, -0.15) is 0 Å². The molecule has 4 rings (SSSR count). The van der Waals surface area contributed by atoms with E-state index in [1.165, 1.54) is 0 Å². The maximum Gasteiger partial charge on any atom is 0.339 e. The molecule has 0 saturated heterocycles. The van der Waals surface area contributed by atoms with E-state index in [2.05, 4.69) is 0 Å². The second-order valence-electron chi connectivity index (χ2n) is 6.62. The Hall–Kier alpha value is -2.92. The van der Waals surface area contributed by atoms with Crippen molar-refractivity contribution in [3.8, 4) is 0 Å². The molecule has 1 amide bonds. The SMILES string of the molecule is CN(Cc1cccs1)C(=O)c1ccc2c(c1)CC(c1ccccc1)OC2=O. The number of benzene rings is 2. The number of carbonyl (C=O) groups is 2. The summed E-state index contributed by atoms with van der Waals surface area (Å²) in [6, 6.07) is 18.9. The van der Waals surface area contributed by atoms with Gasteiger partial charge >= 0.3 is 5.97 Å². The fourth-order valence-electron chi connectivity index (χ4n) is 3.31. The van der Waals surface area contributed by atoms with E-state index in [1.807, 2.05) is 53.9 Å². The summed E-state index contributed by atoms with van der Waals surface area (Å²) in [6.07, 6.45) is 0.251. The first-order valence-electron chi connectivity index (χ1n) is 8.78. The summed E-state index contributed by atoms with van der Waals surface area (Å²) >= 11 is 1.63. The Labute approximate surface area is 162 Å². The molecular formula is C22H19NO3S. The lowest BCUT2D eigenvalue weighted by molar-refractivity contribution is 0.0252. The lowest BCUT2D eigenvalue weighted by Crippen LogP contribution is -2.27. The third-order valence-electron chi connectivity index (χ3n) is 4.72. The molecule has 1 atom stereocenters. The van der Waals surface area contributed by atoms with Crippen molar-refractivity contribution in [2.24, 2.45) is 0 Å². The summed E-state index contributed by atoms with van der Waals surface area (Å²) < 4.78 is 5.58. The van der Waals surface area contributed by atoms with E-state index in [9.17, 15) is 9.59 Å². The van der Waals surface area contributed by atoms with Crippen molar-refractivity contribution in [2.45, 2.75) is 19.1 Å². The molecule has 1 aliphatic rings. The van der Waals surface area contributed by atoms with Crippen LogP contribution in [-0.4, -0.2) is 23.8 Å². The molecular weight excluding hydrogens is 358 g/mol. The summed E-state index contributed by atoms with van der Waals surface area (Å²) in [7, 11) is 1.79. The quantitative estimate of drug-likeness (QED) is 0.630. The molecule has 0 saturated carbocycles. The molecule has 27 heavy (non-hydrogen) atoms. The summed E-state index contributed by atoms with van der Waals surface area (Å²) in [5, 5.41) is 2.00. The molecule has 0 N–H and O–H groups in total. The summed E-state index contributed by atoms with van der Waals surface area (Å²) in [6.45, 7) is 0.572. The maximum absolute atomic E-state index is 12.8. The highest BCUT2D eigenvalue weighted by Gasteiger charge is 2.28. The smallest absolute Gasteiger partial charge is 0.339 e. The molecule has 5 heteroatoms. The van der Waals surface area contributed by atoms with Gasteiger partial charge < -0.3 is 9.64 Å². The van der Waals surface area contributed by atoms with Crippen molar-refractivity contribution >= 4 is 23.2 Å².